The fraction of sp³-hybridized carbons (Fsp3) is 0.500. The number of rotatable bonds is 4. The van der Waals surface area contributed by atoms with E-state index in [1.807, 2.05) is 26.1 Å². The van der Waals surface area contributed by atoms with E-state index in [1.165, 1.54) is 0 Å². The minimum atomic E-state index is 0.101. The molecule has 1 amide bonds. The summed E-state index contributed by atoms with van der Waals surface area (Å²) in [7, 11) is 5.11. The Morgan fingerprint density at radius 1 is 1.26 bits per heavy atom. The third-order valence-electron chi connectivity index (χ3n) is 3.52. The number of benzene rings is 1. The SMILES string of the molecule is CNC1CC(=O)N(c2cc(OC)c(C)cc2OC)C1. The lowest BCUT2D eigenvalue weighted by atomic mass is 10.1. The lowest BCUT2D eigenvalue weighted by Gasteiger charge is -2.21. The number of hydrogen-bond donors (Lipinski definition) is 1. The van der Waals surface area contributed by atoms with Gasteiger partial charge < -0.3 is 19.7 Å². The first-order chi connectivity index (χ1) is 9.10. The van der Waals surface area contributed by atoms with Gasteiger partial charge in [-0.2, -0.15) is 0 Å². The second-order valence-electron chi connectivity index (χ2n) is 4.69. The normalized spacial score (nSPS) is 18.8. The number of carbonyl (C=O) groups is 1. The molecule has 5 heteroatoms. The number of methoxy groups -OCH3 is 2. The van der Waals surface area contributed by atoms with Crippen LogP contribution in [0.2, 0.25) is 0 Å². The fourth-order valence-electron chi connectivity index (χ4n) is 2.38. The average Bonchev–Trinajstić information content (AvgIpc) is 2.79. The van der Waals surface area contributed by atoms with Crippen LogP contribution in [0.3, 0.4) is 0 Å². The Kier molecular flexibility index (Phi) is 3.95. The van der Waals surface area contributed by atoms with Crippen molar-refractivity contribution in [1.82, 2.24) is 5.32 Å². The van der Waals surface area contributed by atoms with E-state index in [0.717, 1.165) is 17.0 Å². The Morgan fingerprint density at radius 2 is 1.95 bits per heavy atom. The molecule has 5 nitrogen and oxygen atoms in total. The Hall–Kier alpha value is -1.75. The van der Waals surface area contributed by atoms with Crippen LogP contribution in [0.4, 0.5) is 5.69 Å². The molecule has 0 spiro atoms. The number of amides is 1. The Morgan fingerprint density at radius 3 is 2.47 bits per heavy atom. The molecule has 1 aliphatic rings. The zero-order valence-electron chi connectivity index (χ0n) is 11.8. The molecule has 1 aromatic carbocycles. The van der Waals surface area contributed by atoms with Gasteiger partial charge in [0.05, 0.1) is 19.9 Å². The molecule has 1 atom stereocenters. The molecule has 1 aliphatic heterocycles. The second kappa shape index (κ2) is 5.48. The van der Waals surface area contributed by atoms with Crippen molar-refractivity contribution in [2.75, 3.05) is 32.7 Å². The fourth-order valence-corrected chi connectivity index (χ4v) is 2.38. The Labute approximate surface area is 113 Å². The molecule has 0 bridgehead atoms. The zero-order valence-corrected chi connectivity index (χ0v) is 11.8. The summed E-state index contributed by atoms with van der Waals surface area (Å²) in [6.45, 7) is 2.60. The highest BCUT2D eigenvalue weighted by molar-refractivity contribution is 5.98. The monoisotopic (exact) mass is 264 g/mol. The zero-order chi connectivity index (χ0) is 14.0. The van der Waals surface area contributed by atoms with Gasteiger partial charge >= 0.3 is 0 Å². The number of nitrogens with one attached hydrogen (secondary N) is 1. The van der Waals surface area contributed by atoms with Gasteiger partial charge in [0.1, 0.15) is 11.5 Å². The Balaban J connectivity index is 2.40. The van der Waals surface area contributed by atoms with Crippen molar-refractivity contribution in [3.8, 4) is 11.5 Å². The van der Waals surface area contributed by atoms with E-state index >= 15 is 0 Å². The molecule has 104 valence electrons. The van der Waals surface area contributed by atoms with Crippen molar-refractivity contribution in [1.29, 1.82) is 0 Å². The highest BCUT2D eigenvalue weighted by Crippen LogP contribution is 2.37. The van der Waals surface area contributed by atoms with Crippen LogP contribution >= 0.6 is 0 Å². The van der Waals surface area contributed by atoms with Crippen LogP contribution in [0.15, 0.2) is 12.1 Å². The highest BCUT2D eigenvalue weighted by atomic mass is 16.5. The first-order valence-electron chi connectivity index (χ1n) is 6.31. The number of ether oxygens (including phenoxy) is 2. The van der Waals surface area contributed by atoms with E-state index in [9.17, 15) is 4.79 Å². The van der Waals surface area contributed by atoms with Gasteiger partial charge in [0.15, 0.2) is 0 Å². The van der Waals surface area contributed by atoms with Crippen molar-refractivity contribution in [3.63, 3.8) is 0 Å². The van der Waals surface area contributed by atoms with E-state index in [4.69, 9.17) is 9.47 Å². The molecular formula is C14H20N2O3. The van der Waals surface area contributed by atoms with Gasteiger partial charge in [-0.25, -0.2) is 0 Å². The summed E-state index contributed by atoms with van der Waals surface area (Å²) in [5.41, 5.74) is 1.76. The van der Waals surface area contributed by atoms with Gasteiger partial charge in [-0.15, -0.1) is 0 Å². The largest absolute Gasteiger partial charge is 0.496 e. The maximum absolute atomic E-state index is 12.1. The van der Waals surface area contributed by atoms with Crippen LogP contribution in [0.25, 0.3) is 0 Å². The quantitative estimate of drug-likeness (QED) is 0.891. The number of anilines is 1. The predicted octanol–water partition coefficient (Wildman–Crippen LogP) is 1.34. The van der Waals surface area contributed by atoms with Gasteiger partial charge in [-0.05, 0) is 25.6 Å². The van der Waals surface area contributed by atoms with E-state index in [1.54, 1.807) is 19.1 Å². The van der Waals surface area contributed by atoms with Crippen LogP contribution in [-0.4, -0.2) is 39.8 Å². The summed E-state index contributed by atoms with van der Waals surface area (Å²) in [6.07, 6.45) is 0.510. The van der Waals surface area contributed by atoms with E-state index in [-0.39, 0.29) is 11.9 Å². The molecule has 0 saturated carbocycles. The molecule has 1 heterocycles. The van der Waals surface area contributed by atoms with Crippen molar-refractivity contribution in [2.24, 2.45) is 0 Å². The standard InChI is InChI=1S/C14H20N2O3/c1-9-5-13(19-4)11(7-12(9)18-3)16-8-10(15-2)6-14(16)17/h5,7,10,15H,6,8H2,1-4H3. The second-order valence-corrected chi connectivity index (χ2v) is 4.69. The summed E-state index contributed by atoms with van der Waals surface area (Å²) >= 11 is 0. The van der Waals surface area contributed by atoms with Gasteiger partial charge in [-0.1, -0.05) is 0 Å². The summed E-state index contributed by atoms with van der Waals surface area (Å²) in [4.78, 5) is 13.8. The molecule has 1 saturated heterocycles. The molecule has 2 rings (SSSR count). The van der Waals surface area contributed by atoms with E-state index < -0.39 is 0 Å². The molecule has 0 aliphatic carbocycles. The number of nitrogens with zero attached hydrogens (tertiary/aromatic N) is 1. The number of aryl methyl sites for hydroxylation is 1. The van der Waals surface area contributed by atoms with Crippen LogP contribution in [0, 0.1) is 6.92 Å². The molecule has 0 radical (unpaired) electrons. The van der Waals surface area contributed by atoms with Crippen molar-refractivity contribution in [2.45, 2.75) is 19.4 Å². The third-order valence-corrected chi connectivity index (χ3v) is 3.52. The lowest BCUT2D eigenvalue weighted by Crippen LogP contribution is -2.30. The molecule has 1 aromatic rings. The molecule has 0 aromatic heterocycles. The number of carbonyl (C=O) groups excluding carboxylic acids is 1. The number of hydrogen-bond acceptors (Lipinski definition) is 4. The maximum atomic E-state index is 12.1. The van der Waals surface area contributed by atoms with Gasteiger partial charge in [0, 0.05) is 25.1 Å². The lowest BCUT2D eigenvalue weighted by molar-refractivity contribution is -0.117. The van der Waals surface area contributed by atoms with E-state index in [2.05, 4.69) is 5.32 Å². The molecular weight excluding hydrogens is 244 g/mol. The minimum Gasteiger partial charge on any atom is -0.496 e. The molecule has 1 unspecified atom stereocenters. The van der Waals surface area contributed by atoms with Gasteiger partial charge in [0.2, 0.25) is 5.91 Å². The molecule has 19 heavy (non-hydrogen) atoms. The van der Waals surface area contributed by atoms with Crippen molar-refractivity contribution in [3.05, 3.63) is 17.7 Å². The van der Waals surface area contributed by atoms with Crippen LogP contribution in [0.1, 0.15) is 12.0 Å². The Bertz CT molecular complexity index is 488. The smallest absolute Gasteiger partial charge is 0.228 e. The molecule has 1 fully saturated rings. The topological polar surface area (TPSA) is 50.8 Å². The number of likely N-dealkylation sites (N-methyl/N-ethyl adjacent to an activating group) is 1. The first-order valence-corrected chi connectivity index (χ1v) is 6.31. The van der Waals surface area contributed by atoms with Crippen LogP contribution in [0.5, 0.6) is 11.5 Å². The summed E-state index contributed by atoms with van der Waals surface area (Å²) in [5, 5.41) is 3.14. The van der Waals surface area contributed by atoms with Crippen molar-refractivity contribution >= 4 is 11.6 Å². The summed E-state index contributed by atoms with van der Waals surface area (Å²) < 4.78 is 10.7. The average molecular weight is 264 g/mol. The molecule has 1 N–H and O–H groups in total. The third kappa shape index (κ3) is 2.51. The van der Waals surface area contributed by atoms with E-state index in [0.29, 0.717) is 18.7 Å². The minimum absolute atomic E-state index is 0.101. The van der Waals surface area contributed by atoms with Gasteiger partial charge in [0.25, 0.3) is 0 Å². The van der Waals surface area contributed by atoms with Gasteiger partial charge in [-0.3, -0.25) is 4.79 Å². The summed E-state index contributed by atoms with van der Waals surface area (Å²) in [5.74, 6) is 1.56. The summed E-state index contributed by atoms with van der Waals surface area (Å²) in [6, 6.07) is 3.95. The highest BCUT2D eigenvalue weighted by Gasteiger charge is 2.31. The maximum Gasteiger partial charge on any atom is 0.228 e. The van der Waals surface area contributed by atoms with Crippen LogP contribution < -0.4 is 19.7 Å². The first kappa shape index (κ1) is 13.7. The predicted molar refractivity (Wildman–Crippen MR) is 74.1 cm³/mol. The van der Waals surface area contributed by atoms with Crippen molar-refractivity contribution < 1.29 is 14.3 Å². The van der Waals surface area contributed by atoms with Crippen LogP contribution in [-0.2, 0) is 4.79 Å².